The Labute approximate surface area is 95.6 Å². The lowest BCUT2D eigenvalue weighted by Crippen LogP contribution is -2.21. The van der Waals surface area contributed by atoms with Gasteiger partial charge in [0.05, 0.1) is 10.6 Å². The van der Waals surface area contributed by atoms with Gasteiger partial charge in [-0.2, -0.15) is 0 Å². The molecule has 1 aromatic carbocycles. The number of nitrogens with zero attached hydrogens (tertiary/aromatic N) is 2. The number of anilines is 1. The van der Waals surface area contributed by atoms with Crippen molar-refractivity contribution in [3.8, 4) is 0 Å². The van der Waals surface area contributed by atoms with Gasteiger partial charge in [0.25, 0.3) is 5.70 Å². The molecule has 0 N–H and O–H groups in total. The van der Waals surface area contributed by atoms with Crippen molar-refractivity contribution in [3.63, 3.8) is 0 Å². The highest BCUT2D eigenvalue weighted by Crippen LogP contribution is 2.23. The molecule has 88 valence electrons. The van der Waals surface area contributed by atoms with E-state index in [2.05, 4.69) is 0 Å². The fraction of sp³-hybridized carbons (Fsp3) is 0.0909. The Kier molecular flexibility index (Phi) is 2.86. The molecule has 2 rings (SSSR count). The number of allylic oxidation sites excluding steroid dienone is 1. The van der Waals surface area contributed by atoms with Crippen LogP contribution in [0.2, 0.25) is 0 Å². The van der Waals surface area contributed by atoms with Gasteiger partial charge in [0, 0.05) is 24.9 Å². The molecule has 0 radical (unpaired) electrons. The van der Waals surface area contributed by atoms with E-state index < -0.39 is 16.6 Å². The molecule has 0 aliphatic carbocycles. The Morgan fingerprint density at radius 2 is 2.12 bits per heavy atom. The van der Waals surface area contributed by atoms with E-state index in [0.717, 1.165) is 6.07 Å². The Morgan fingerprint density at radius 1 is 1.35 bits per heavy atom. The van der Waals surface area contributed by atoms with E-state index in [1.54, 1.807) is 0 Å². The summed E-state index contributed by atoms with van der Waals surface area (Å²) in [7, 11) is 0. The summed E-state index contributed by atoms with van der Waals surface area (Å²) in [5.41, 5.74) is -0.00189. The molecule has 6 heteroatoms. The lowest BCUT2D eigenvalue weighted by Gasteiger charge is -2.21. The van der Waals surface area contributed by atoms with Crippen LogP contribution >= 0.6 is 0 Å². The molecule has 1 aromatic rings. The fourth-order valence-electron chi connectivity index (χ4n) is 1.52. The third-order valence-corrected chi connectivity index (χ3v) is 2.37. The van der Waals surface area contributed by atoms with Crippen LogP contribution in [0.4, 0.5) is 14.5 Å². The molecule has 1 aliphatic heterocycles. The first-order valence-corrected chi connectivity index (χ1v) is 4.83. The number of nitro groups is 1. The van der Waals surface area contributed by atoms with E-state index in [1.165, 1.54) is 35.4 Å². The maximum absolute atomic E-state index is 13.4. The van der Waals surface area contributed by atoms with Gasteiger partial charge in [-0.1, -0.05) is 6.07 Å². The van der Waals surface area contributed by atoms with Crippen LogP contribution in [0.25, 0.3) is 0 Å². The summed E-state index contributed by atoms with van der Waals surface area (Å²) >= 11 is 0. The first-order chi connectivity index (χ1) is 8.09. The molecular weight excluding hydrogens is 230 g/mol. The highest BCUT2D eigenvalue weighted by molar-refractivity contribution is 5.53. The second-order valence-electron chi connectivity index (χ2n) is 3.43. The van der Waals surface area contributed by atoms with Gasteiger partial charge < -0.3 is 4.90 Å². The lowest BCUT2D eigenvalue weighted by molar-refractivity contribution is -0.419. The van der Waals surface area contributed by atoms with Crippen molar-refractivity contribution < 1.29 is 13.7 Å². The van der Waals surface area contributed by atoms with Crippen LogP contribution in [0, 0.1) is 21.7 Å². The number of benzene rings is 1. The summed E-state index contributed by atoms with van der Waals surface area (Å²) in [5.74, 6) is -1.91. The van der Waals surface area contributed by atoms with Crippen molar-refractivity contribution in [1.29, 1.82) is 0 Å². The second-order valence-corrected chi connectivity index (χ2v) is 3.43. The zero-order valence-corrected chi connectivity index (χ0v) is 8.64. The second kappa shape index (κ2) is 4.32. The van der Waals surface area contributed by atoms with Gasteiger partial charge >= 0.3 is 0 Å². The number of rotatable bonds is 2. The summed E-state index contributed by atoms with van der Waals surface area (Å²) < 4.78 is 26.4. The average molecular weight is 238 g/mol. The fourth-order valence-corrected chi connectivity index (χ4v) is 1.52. The van der Waals surface area contributed by atoms with E-state index in [9.17, 15) is 18.9 Å². The third-order valence-electron chi connectivity index (χ3n) is 2.37. The Balaban J connectivity index is 2.26. The Hall–Kier alpha value is -2.24. The molecule has 1 aliphatic rings. The molecule has 0 unspecified atom stereocenters. The van der Waals surface area contributed by atoms with Gasteiger partial charge in [0.15, 0.2) is 11.6 Å². The van der Waals surface area contributed by atoms with Crippen LogP contribution in [-0.4, -0.2) is 11.5 Å². The van der Waals surface area contributed by atoms with Crippen molar-refractivity contribution in [1.82, 2.24) is 0 Å². The van der Waals surface area contributed by atoms with Crippen molar-refractivity contribution in [2.75, 3.05) is 11.4 Å². The lowest BCUT2D eigenvalue weighted by atomic mass is 10.2. The van der Waals surface area contributed by atoms with Gasteiger partial charge in [-0.25, -0.2) is 8.78 Å². The summed E-state index contributed by atoms with van der Waals surface area (Å²) in [5, 5.41) is 10.5. The van der Waals surface area contributed by atoms with Crippen LogP contribution in [0.5, 0.6) is 0 Å². The molecule has 0 saturated heterocycles. The maximum Gasteiger partial charge on any atom is 0.268 e. The molecule has 4 nitrogen and oxygen atoms in total. The van der Waals surface area contributed by atoms with E-state index in [1.807, 2.05) is 0 Å². The van der Waals surface area contributed by atoms with Gasteiger partial charge in [-0.15, -0.1) is 0 Å². The minimum Gasteiger partial charge on any atom is -0.341 e. The first-order valence-electron chi connectivity index (χ1n) is 4.83. The number of halogens is 2. The van der Waals surface area contributed by atoms with Crippen LogP contribution in [0.3, 0.4) is 0 Å². The summed E-state index contributed by atoms with van der Waals surface area (Å²) in [4.78, 5) is 11.3. The smallest absolute Gasteiger partial charge is 0.268 e. The van der Waals surface area contributed by atoms with Crippen LogP contribution in [0.15, 0.2) is 42.2 Å². The van der Waals surface area contributed by atoms with Crippen molar-refractivity contribution >= 4 is 5.69 Å². The molecule has 0 saturated carbocycles. The summed E-state index contributed by atoms with van der Waals surface area (Å²) in [6.45, 7) is 0.132. The highest BCUT2D eigenvalue weighted by Gasteiger charge is 2.17. The highest BCUT2D eigenvalue weighted by atomic mass is 19.2. The monoisotopic (exact) mass is 238 g/mol. The predicted molar refractivity (Wildman–Crippen MR) is 57.9 cm³/mol. The average Bonchev–Trinajstić information content (AvgIpc) is 2.33. The van der Waals surface area contributed by atoms with Crippen molar-refractivity contribution in [2.24, 2.45) is 0 Å². The van der Waals surface area contributed by atoms with Crippen molar-refractivity contribution in [2.45, 2.75) is 0 Å². The first kappa shape index (κ1) is 11.3. The third kappa shape index (κ3) is 2.15. The summed E-state index contributed by atoms with van der Waals surface area (Å²) in [6.07, 6.45) is 3.94. The molecule has 0 atom stereocenters. The van der Waals surface area contributed by atoms with Gasteiger partial charge in [-0.05, 0) is 12.1 Å². The normalized spacial score (nSPS) is 14.7. The molecule has 0 spiro atoms. The number of hydrogen-bond acceptors (Lipinski definition) is 3. The van der Waals surface area contributed by atoms with E-state index in [-0.39, 0.29) is 17.9 Å². The topological polar surface area (TPSA) is 46.4 Å². The molecule has 1 heterocycles. The quantitative estimate of drug-likeness (QED) is 0.587. The predicted octanol–water partition coefficient (Wildman–Crippen LogP) is 2.46. The van der Waals surface area contributed by atoms with Crippen molar-refractivity contribution in [3.05, 3.63) is 64.0 Å². The SMILES string of the molecule is O=[N+]([O-])C1=CCN(c2cccc(F)c2F)C=C1. The zero-order valence-electron chi connectivity index (χ0n) is 8.64. The van der Waals surface area contributed by atoms with Crippen LogP contribution in [0.1, 0.15) is 0 Å². The molecule has 17 heavy (non-hydrogen) atoms. The van der Waals surface area contributed by atoms with Crippen LogP contribution in [-0.2, 0) is 0 Å². The summed E-state index contributed by atoms with van der Waals surface area (Å²) in [6, 6.07) is 3.81. The molecule has 0 fully saturated rings. The molecule has 0 bridgehead atoms. The van der Waals surface area contributed by atoms with Gasteiger partial charge in [0.2, 0.25) is 0 Å². The van der Waals surface area contributed by atoms with Crippen LogP contribution < -0.4 is 4.90 Å². The standard InChI is InChI=1S/C11H8F2N2O2/c12-9-2-1-3-10(11(9)13)14-6-4-8(5-7-14)15(16)17/h1-6H,7H2. The maximum atomic E-state index is 13.4. The zero-order chi connectivity index (χ0) is 12.4. The minimum atomic E-state index is -0.963. The van der Waals surface area contributed by atoms with Gasteiger partial charge in [-0.3, -0.25) is 10.1 Å². The van der Waals surface area contributed by atoms with E-state index in [4.69, 9.17) is 0 Å². The van der Waals surface area contributed by atoms with Gasteiger partial charge in [0.1, 0.15) is 0 Å². The minimum absolute atomic E-state index is 0.0555. The number of hydrogen-bond donors (Lipinski definition) is 0. The van der Waals surface area contributed by atoms with E-state index in [0.29, 0.717) is 0 Å². The molecular formula is C11H8F2N2O2. The van der Waals surface area contributed by atoms with E-state index >= 15 is 0 Å². The largest absolute Gasteiger partial charge is 0.341 e. The molecule has 0 amide bonds. The molecule has 0 aromatic heterocycles. The Morgan fingerprint density at radius 3 is 2.71 bits per heavy atom. The Bertz CT molecular complexity index is 526.